The lowest BCUT2D eigenvalue weighted by atomic mass is 9.98. The van der Waals surface area contributed by atoms with Crippen molar-refractivity contribution in [3.63, 3.8) is 0 Å². The number of urea groups is 1. The van der Waals surface area contributed by atoms with Gasteiger partial charge in [0.2, 0.25) is 5.91 Å². The number of carbonyl (C=O) groups is 3. The van der Waals surface area contributed by atoms with Crippen molar-refractivity contribution in [3.8, 4) is 0 Å². The standard InChI is InChI=1S/C18H18ClN5O3/c1-24-7-6-20-15(24)18(16(26)22-17(27)23-18)9-21-14(25)13-8-12(13)10-2-4-11(19)5-3-10/h2-7,12-13H,8-9H2,1H3,(H,21,25)(H2,22,23,26,27)/t12-,13+,18?/m0/s1. The maximum Gasteiger partial charge on any atom is 0.322 e. The van der Waals surface area contributed by atoms with Crippen LogP contribution in [-0.2, 0) is 22.2 Å². The molecule has 2 fully saturated rings. The maximum atomic E-state index is 12.6. The van der Waals surface area contributed by atoms with Crippen molar-refractivity contribution in [2.75, 3.05) is 6.54 Å². The molecule has 9 heteroatoms. The van der Waals surface area contributed by atoms with Crippen LogP contribution in [0.15, 0.2) is 36.7 Å². The summed E-state index contributed by atoms with van der Waals surface area (Å²) < 4.78 is 1.64. The number of rotatable bonds is 5. The highest BCUT2D eigenvalue weighted by molar-refractivity contribution is 6.30. The smallest absolute Gasteiger partial charge is 0.322 e. The van der Waals surface area contributed by atoms with Crippen LogP contribution in [0.1, 0.15) is 23.7 Å². The highest BCUT2D eigenvalue weighted by Crippen LogP contribution is 2.47. The molecule has 3 N–H and O–H groups in total. The number of halogens is 1. The summed E-state index contributed by atoms with van der Waals surface area (Å²) in [5.74, 6) is -0.357. The van der Waals surface area contributed by atoms with Gasteiger partial charge in [0.05, 0.1) is 6.54 Å². The van der Waals surface area contributed by atoms with Gasteiger partial charge in [-0.15, -0.1) is 0 Å². The first-order valence-corrected chi connectivity index (χ1v) is 8.93. The molecule has 8 nitrogen and oxygen atoms in total. The van der Waals surface area contributed by atoms with E-state index < -0.39 is 17.5 Å². The summed E-state index contributed by atoms with van der Waals surface area (Å²) in [6, 6.07) is 6.83. The predicted octanol–water partition coefficient (Wildman–Crippen LogP) is 1.03. The first-order chi connectivity index (χ1) is 12.9. The molecule has 1 saturated heterocycles. The van der Waals surface area contributed by atoms with Crippen LogP contribution in [0.5, 0.6) is 0 Å². The van der Waals surface area contributed by atoms with Crippen molar-refractivity contribution in [2.24, 2.45) is 13.0 Å². The fourth-order valence-corrected chi connectivity index (χ4v) is 3.67. The summed E-state index contributed by atoms with van der Waals surface area (Å²) in [7, 11) is 1.72. The Labute approximate surface area is 160 Å². The summed E-state index contributed by atoms with van der Waals surface area (Å²) >= 11 is 5.90. The highest BCUT2D eigenvalue weighted by Gasteiger charge is 2.52. The number of nitrogens with zero attached hydrogens (tertiary/aromatic N) is 2. The van der Waals surface area contributed by atoms with Gasteiger partial charge in [0.25, 0.3) is 5.91 Å². The summed E-state index contributed by atoms with van der Waals surface area (Å²) in [5.41, 5.74) is -0.361. The topological polar surface area (TPSA) is 105 Å². The van der Waals surface area contributed by atoms with E-state index in [2.05, 4.69) is 20.9 Å². The van der Waals surface area contributed by atoms with E-state index in [-0.39, 0.29) is 24.3 Å². The molecule has 140 valence electrons. The van der Waals surface area contributed by atoms with E-state index in [1.807, 2.05) is 12.1 Å². The number of imidazole rings is 1. The molecule has 4 amide bonds. The molecule has 0 radical (unpaired) electrons. The first-order valence-electron chi connectivity index (χ1n) is 8.55. The first kappa shape index (κ1) is 17.5. The van der Waals surface area contributed by atoms with Crippen molar-refractivity contribution < 1.29 is 14.4 Å². The number of amides is 4. The fourth-order valence-electron chi connectivity index (χ4n) is 3.54. The van der Waals surface area contributed by atoms with Crippen LogP contribution in [0.3, 0.4) is 0 Å². The molecule has 3 atom stereocenters. The minimum atomic E-state index is -1.42. The number of benzene rings is 1. The van der Waals surface area contributed by atoms with Gasteiger partial charge in [-0.25, -0.2) is 9.78 Å². The van der Waals surface area contributed by atoms with E-state index in [1.54, 1.807) is 29.9 Å². The van der Waals surface area contributed by atoms with Gasteiger partial charge in [0.15, 0.2) is 5.54 Å². The van der Waals surface area contributed by atoms with Crippen molar-refractivity contribution in [1.29, 1.82) is 0 Å². The number of nitrogens with one attached hydrogen (secondary N) is 3. The largest absolute Gasteiger partial charge is 0.352 e. The molecule has 1 aliphatic heterocycles. The van der Waals surface area contributed by atoms with Crippen LogP contribution in [0.4, 0.5) is 4.79 Å². The number of aryl methyl sites for hydroxylation is 1. The van der Waals surface area contributed by atoms with Crippen LogP contribution in [0.25, 0.3) is 0 Å². The minimum Gasteiger partial charge on any atom is -0.352 e. The second-order valence-corrected chi connectivity index (χ2v) is 7.33. The predicted molar refractivity (Wildman–Crippen MR) is 96.9 cm³/mol. The molecule has 2 aliphatic rings. The van der Waals surface area contributed by atoms with E-state index in [1.165, 1.54) is 6.20 Å². The maximum absolute atomic E-state index is 12.6. The average molecular weight is 388 g/mol. The molecule has 2 aromatic rings. The lowest BCUT2D eigenvalue weighted by molar-refractivity contribution is -0.126. The van der Waals surface area contributed by atoms with Crippen molar-refractivity contribution in [2.45, 2.75) is 17.9 Å². The van der Waals surface area contributed by atoms with Crippen LogP contribution < -0.4 is 16.0 Å². The third kappa shape index (κ3) is 3.06. The van der Waals surface area contributed by atoms with Crippen molar-refractivity contribution in [3.05, 3.63) is 53.1 Å². The zero-order chi connectivity index (χ0) is 19.2. The molecule has 1 aromatic carbocycles. The number of carbonyl (C=O) groups excluding carboxylic acids is 3. The van der Waals surface area contributed by atoms with Crippen LogP contribution in [0.2, 0.25) is 5.02 Å². The molecule has 1 aliphatic carbocycles. The summed E-state index contributed by atoms with van der Waals surface area (Å²) in [6.45, 7) is -0.0713. The minimum absolute atomic E-state index is 0.0713. The number of hydrogen-bond donors (Lipinski definition) is 3. The SMILES string of the molecule is Cn1ccnc1C1(CNC(=O)[C@@H]2C[C@H]2c2ccc(Cl)cc2)NC(=O)NC1=O. The van der Waals surface area contributed by atoms with Crippen molar-refractivity contribution >= 4 is 29.4 Å². The van der Waals surface area contributed by atoms with Gasteiger partial charge in [-0.05, 0) is 30.0 Å². The van der Waals surface area contributed by atoms with Crippen LogP contribution in [0, 0.1) is 5.92 Å². The van der Waals surface area contributed by atoms with E-state index in [0.29, 0.717) is 10.8 Å². The van der Waals surface area contributed by atoms with Gasteiger partial charge >= 0.3 is 6.03 Å². The Morgan fingerprint density at radius 3 is 2.70 bits per heavy atom. The second-order valence-electron chi connectivity index (χ2n) is 6.89. The van der Waals surface area contributed by atoms with Crippen molar-refractivity contribution in [1.82, 2.24) is 25.5 Å². The van der Waals surface area contributed by atoms with Gasteiger partial charge < -0.3 is 15.2 Å². The van der Waals surface area contributed by atoms with E-state index in [4.69, 9.17) is 11.6 Å². The molecule has 0 spiro atoms. The Morgan fingerprint density at radius 1 is 1.37 bits per heavy atom. The quantitative estimate of drug-likeness (QED) is 0.666. The van der Waals surface area contributed by atoms with Gasteiger partial charge in [-0.2, -0.15) is 0 Å². The Bertz CT molecular complexity index is 925. The summed E-state index contributed by atoms with van der Waals surface area (Å²) in [4.78, 5) is 41.0. The van der Waals surface area contributed by atoms with Gasteiger partial charge in [0.1, 0.15) is 5.82 Å². The fraction of sp³-hybridized carbons (Fsp3) is 0.333. The number of hydrogen-bond acceptors (Lipinski definition) is 4. The Kier molecular flexibility index (Phi) is 4.15. The van der Waals surface area contributed by atoms with Gasteiger partial charge in [-0.3, -0.25) is 14.9 Å². The lowest BCUT2D eigenvalue weighted by Crippen LogP contribution is -2.54. The lowest BCUT2D eigenvalue weighted by Gasteiger charge is -2.25. The highest BCUT2D eigenvalue weighted by atomic mass is 35.5. The van der Waals surface area contributed by atoms with Crippen LogP contribution >= 0.6 is 11.6 Å². The molecule has 1 unspecified atom stereocenters. The number of aromatic nitrogens is 2. The van der Waals surface area contributed by atoms with Gasteiger partial charge in [0, 0.05) is 30.4 Å². The summed E-state index contributed by atoms with van der Waals surface area (Å²) in [5, 5.41) is 8.30. The van der Waals surface area contributed by atoms with E-state index in [0.717, 1.165) is 12.0 Å². The van der Waals surface area contributed by atoms with E-state index in [9.17, 15) is 14.4 Å². The molecule has 0 bridgehead atoms. The van der Waals surface area contributed by atoms with Crippen LogP contribution in [-0.4, -0.2) is 33.9 Å². The molecule has 1 aromatic heterocycles. The van der Waals surface area contributed by atoms with Gasteiger partial charge in [-0.1, -0.05) is 23.7 Å². The Balaban J connectivity index is 1.47. The molecular weight excluding hydrogens is 370 g/mol. The molecule has 1 saturated carbocycles. The Morgan fingerprint density at radius 2 is 2.11 bits per heavy atom. The third-order valence-electron chi connectivity index (χ3n) is 5.10. The normalized spacial score (nSPS) is 26.4. The molecule has 2 heterocycles. The zero-order valence-corrected chi connectivity index (χ0v) is 15.3. The molecular formula is C18H18ClN5O3. The number of imide groups is 1. The zero-order valence-electron chi connectivity index (χ0n) is 14.5. The summed E-state index contributed by atoms with van der Waals surface area (Å²) in [6.07, 6.45) is 3.95. The molecule has 27 heavy (non-hydrogen) atoms. The average Bonchev–Trinajstić information content (AvgIpc) is 3.23. The second kappa shape index (κ2) is 6.38. The third-order valence-corrected chi connectivity index (χ3v) is 5.35. The molecule has 4 rings (SSSR count). The van der Waals surface area contributed by atoms with E-state index >= 15 is 0 Å². The monoisotopic (exact) mass is 387 g/mol. The Hall–Kier alpha value is -2.87.